The Bertz CT molecular complexity index is 682. The van der Waals surface area contributed by atoms with Crippen LogP contribution >= 0.6 is 11.3 Å². The predicted molar refractivity (Wildman–Crippen MR) is 98.5 cm³/mol. The fraction of sp³-hybridized carbons (Fsp3) is 0.389. The summed E-state index contributed by atoms with van der Waals surface area (Å²) in [7, 11) is 0. The van der Waals surface area contributed by atoms with Crippen LogP contribution in [-0.2, 0) is 16.0 Å². The molecule has 1 aromatic heterocycles. The largest absolute Gasteiger partial charge is 0.340 e. The van der Waals surface area contributed by atoms with Gasteiger partial charge in [-0.3, -0.25) is 14.5 Å². The Morgan fingerprint density at radius 2 is 1.88 bits per heavy atom. The molecule has 2 aromatic rings. The Hall–Kier alpha value is -2.25. The van der Waals surface area contributed by atoms with Crippen molar-refractivity contribution < 1.29 is 9.59 Å². The minimum absolute atomic E-state index is 0.0567. The molecule has 132 valence electrons. The van der Waals surface area contributed by atoms with Crippen molar-refractivity contribution in [2.45, 2.75) is 12.8 Å². The first-order valence-corrected chi connectivity index (χ1v) is 9.32. The van der Waals surface area contributed by atoms with Crippen molar-refractivity contribution in [1.82, 2.24) is 14.8 Å². The van der Waals surface area contributed by atoms with Crippen LogP contribution in [0.5, 0.6) is 0 Å². The Morgan fingerprint density at radius 1 is 1.12 bits per heavy atom. The van der Waals surface area contributed by atoms with E-state index in [-0.39, 0.29) is 11.8 Å². The highest BCUT2D eigenvalue weighted by atomic mass is 32.1. The van der Waals surface area contributed by atoms with E-state index in [2.05, 4.69) is 15.2 Å². The van der Waals surface area contributed by atoms with Crippen LogP contribution in [0.4, 0.5) is 5.13 Å². The molecule has 2 amide bonds. The second kappa shape index (κ2) is 8.73. The molecule has 2 heterocycles. The number of hydrogen-bond acceptors (Lipinski definition) is 5. The lowest BCUT2D eigenvalue weighted by Gasteiger charge is -2.34. The molecule has 1 saturated heterocycles. The van der Waals surface area contributed by atoms with Crippen molar-refractivity contribution in [3.8, 4) is 0 Å². The number of hydrogen-bond donors (Lipinski definition) is 1. The molecule has 0 spiro atoms. The van der Waals surface area contributed by atoms with E-state index in [9.17, 15) is 9.59 Å². The maximum atomic E-state index is 12.3. The number of nitrogens with one attached hydrogen (secondary N) is 1. The van der Waals surface area contributed by atoms with Crippen molar-refractivity contribution in [3.05, 3.63) is 47.5 Å². The highest BCUT2D eigenvalue weighted by molar-refractivity contribution is 7.13. The number of rotatable bonds is 6. The van der Waals surface area contributed by atoms with E-state index < -0.39 is 0 Å². The van der Waals surface area contributed by atoms with E-state index in [1.165, 1.54) is 16.9 Å². The lowest BCUT2D eigenvalue weighted by molar-refractivity contribution is -0.133. The topological polar surface area (TPSA) is 65.5 Å². The van der Waals surface area contributed by atoms with Gasteiger partial charge in [-0.05, 0) is 12.0 Å². The third-order valence-electron chi connectivity index (χ3n) is 4.24. The SMILES string of the molecule is O=C(CN1CCN(C(=O)CCc2ccccc2)CC1)Nc1nccs1. The Labute approximate surface area is 151 Å². The van der Waals surface area contributed by atoms with Gasteiger partial charge in [0.15, 0.2) is 5.13 Å². The Balaban J connectivity index is 1.37. The van der Waals surface area contributed by atoms with Crippen molar-refractivity contribution in [2.75, 3.05) is 38.0 Å². The molecule has 1 aromatic carbocycles. The second-order valence-electron chi connectivity index (χ2n) is 6.03. The highest BCUT2D eigenvalue weighted by Crippen LogP contribution is 2.11. The monoisotopic (exact) mass is 358 g/mol. The van der Waals surface area contributed by atoms with Crippen LogP contribution in [0, 0.1) is 0 Å². The summed E-state index contributed by atoms with van der Waals surface area (Å²) >= 11 is 1.41. The van der Waals surface area contributed by atoms with E-state index in [0.29, 0.717) is 31.2 Å². The lowest BCUT2D eigenvalue weighted by Crippen LogP contribution is -2.50. The average molecular weight is 358 g/mol. The quantitative estimate of drug-likeness (QED) is 0.856. The number of carbonyl (C=O) groups excluding carboxylic acids is 2. The lowest BCUT2D eigenvalue weighted by atomic mass is 10.1. The van der Waals surface area contributed by atoms with Crippen LogP contribution in [0.25, 0.3) is 0 Å². The molecule has 3 rings (SSSR count). The van der Waals surface area contributed by atoms with E-state index in [0.717, 1.165) is 19.5 Å². The van der Waals surface area contributed by atoms with Gasteiger partial charge in [0.2, 0.25) is 11.8 Å². The van der Waals surface area contributed by atoms with Gasteiger partial charge in [-0.25, -0.2) is 4.98 Å². The zero-order valence-electron chi connectivity index (χ0n) is 14.1. The fourth-order valence-electron chi connectivity index (χ4n) is 2.86. The molecular weight excluding hydrogens is 336 g/mol. The van der Waals surface area contributed by atoms with Crippen molar-refractivity contribution in [3.63, 3.8) is 0 Å². The maximum absolute atomic E-state index is 12.3. The molecule has 25 heavy (non-hydrogen) atoms. The normalized spacial score (nSPS) is 15.1. The first kappa shape index (κ1) is 17.6. The molecule has 7 heteroatoms. The second-order valence-corrected chi connectivity index (χ2v) is 6.92. The molecule has 1 N–H and O–H groups in total. The number of nitrogens with zero attached hydrogens (tertiary/aromatic N) is 3. The van der Waals surface area contributed by atoms with Gasteiger partial charge in [0.05, 0.1) is 6.54 Å². The van der Waals surface area contributed by atoms with Crippen LogP contribution in [0.15, 0.2) is 41.9 Å². The zero-order valence-corrected chi connectivity index (χ0v) is 14.9. The van der Waals surface area contributed by atoms with E-state index in [4.69, 9.17) is 0 Å². The van der Waals surface area contributed by atoms with Crippen LogP contribution < -0.4 is 5.32 Å². The van der Waals surface area contributed by atoms with Gasteiger partial charge < -0.3 is 10.2 Å². The van der Waals surface area contributed by atoms with Gasteiger partial charge in [0, 0.05) is 44.2 Å². The highest BCUT2D eigenvalue weighted by Gasteiger charge is 2.22. The Kier molecular flexibility index (Phi) is 6.14. The number of amides is 2. The van der Waals surface area contributed by atoms with Crippen LogP contribution in [0.1, 0.15) is 12.0 Å². The minimum atomic E-state index is -0.0567. The van der Waals surface area contributed by atoms with Crippen LogP contribution in [0.3, 0.4) is 0 Å². The van der Waals surface area contributed by atoms with Gasteiger partial charge >= 0.3 is 0 Å². The van der Waals surface area contributed by atoms with Gasteiger partial charge in [-0.2, -0.15) is 0 Å². The number of thiazole rings is 1. The molecule has 1 fully saturated rings. The predicted octanol–water partition coefficient (Wildman–Crippen LogP) is 1.86. The number of carbonyl (C=O) groups is 2. The fourth-order valence-corrected chi connectivity index (χ4v) is 3.40. The molecule has 0 saturated carbocycles. The summed E-state index contributed by atoms with van der Waals surface area (Å²) in [6.45, 7) is 3.15. The Morgan fingerprint density at radius 3 is 2.56 bits per heavy atom. The number of aromatic nitrogens is 1. The van der Waals surface area contributed by atoms with Crippen molar-refractivity contribution in [1.29, 1.82) is 0 Å². The van der Waals surface area contributed by atoms with E-state index >= 15 is 0 Å². The number of benzene rings is 1. The van der Waals surface area contributed by atoms with E-state index in [1.807, 2.05) is 40.6 Å². The molecule has 0 bridgehead atoms. The van der Waals surface area contributed by atoms with Gasteiger partial charge in [0.1, 0.15) is 0 Å². The van der Waals surface area contributed by atoms with Gasteiger partial charge in [0.25, 0.3) is 0 Å². The third kappa shape index (κ3) is 5.37. The van der Waals surface area contributed by atoms with Gasteiger partial charge in [-0.1, -0.05) is 30.3 Å². The number of aryl methyl sites for hydroxylation is 1. The summed E-state index contributed by atoms with van der Waals surface area (Å²) in [6, 6.07) is 10.1. The molecule has 0 atom stereocenters. The van der Waals surface area contributed by atoms with Crippen LogP contribution in [0.2, 0.25) is 0 Å². The molecule has 6 nitrogen and oxygen atoms in total. The van der Waals surface area contributed by atoms with Crippen LogP contribution in [-0.4, -0.2) is 59.3 Å². The van der Waals surface area contributed by atoms with Gasteiger partial charge in [-0.15, -0.1) is 11.3 Å². The minimum Gasteiger partial charge on any atom is -0.340 e. The zero-order chi connectivity index (χ0) is 17.5. The molecular formula is C18H22N4O2S. The molecule has 0 unspecified atom stereocenters. The molecule has 0 aliphatic carbocycles. The molecule has 1 aliphatic heterocycles. The molecule has 0 radical (unpaired) electrons. The summed E-state index contributed by atoms with van der Waals surface area (Å²) in [5, 5.41) is 5.24. The summed E-state index contributed by atoms with van der Waals surface area (Å²) in [5.41, 5.74) is 1.19. The van der Waals surface area contributed by atoms with Crippen molar-refractivity contribution in [2.24, 2.45) is 0 Å². The van der Waals surface area contributed by atoms with E-state index in [1.54, 1.807) is 6.20 Å². The smallest absolute Gasteiger partial charge is 0.240 e. The third-order valence-corrected chi connectivity index (χ3v) is 4.93. The number of piperazine rings is 1. The summed E-state index contributed by atoms with van der Waals surface area (Å²) in [4.78, 5) is 32.3. The summed E-state index contributed by atoms with van der Waals surface area (Å²) in [5.74, 6) is 0.134. The summed E-state index contributed by atoms with van der Waals surface area (Å²) in [6.07, 6.45) is 2.98. The first-order chi connectivity index (χ1) is 12.2. The standard InChI is InChI=1S/C18H22N4O2S/c23-16(20-18-19-8-13-25-18)14-21-9-11-22(12-10-21)17(24)7-6-15-4-2-1-3-5-15/h1-5,8,13H,6-7,9-12,14H2,(H,19,20,23). The molecule has 1 aliphatic rings. The van der Waals surface area contributed by atoms with Crippen molar-refractivity contribution >= 4 is 28.3 Å². The summed E-state index contributed by atoms with van der Waals surface area (Å²) < 4.78 is 0. The first-order valence-electron chi connectivity index (χ1n) is 8.44. The average Bonchev–Trinajstić information content (AvgIpc) is 3.14. The number of anilines is 1. The maximum Gasteiger partial charge on any atom is 0.240 e.